The van der Waals surface area contributed by atoms with E-state index in [0.717, 1.165) is 23.4 Å². The Morgan fingerprint density at radius 3 is 2.69 bits per heavy atom. The molecule has 0 N–H and O–H groups in total. The molecule has 0 saturated carbocycles. The van der Waals surface area contributed by atoms with Crippen molar-refractivity contribution in [1.29, 1.82) is 0 Å². The van der Waals surface area contributed by atoms with E-state index < -0.39 is 0 Å². The molecule has 0 amide bonds. The molecule has 0 fully saturated rings. The second-order valence-electron chi connectivity index (χ2n) is 8.17. The molecule has 0 aliphatic rings. The molecular formula is C25H24N8O3. The topological polar surface area (TPSA) is 127 Å². The molecule has 182 valence electrons. The molecule has 11 heteroatoms. The maximum atomic E-state index is 12.7. The van der Waals surface area contributed by atoms with Gasteiger partial charge in [-0.25, -0.2) is 14.6 Å². The minimum atomic E-state index is -0.243. The average Bonchev–Trinajstić information content (AvgIpc) is 3.57. The van der Waals surface area contributed by atoms with Crippen LogP contribution in [0.2, 0.25) is 0 Å². The van der Waals surface area contributed by atoms with Gasteiger partial charge in [0.25, 0.3) is 0 Å². The van der Waals surface area contributed by atoms with Gasteiger partial charge >= 0.3 is 0 Å². The summed E-state index contributed by atoms with van der Waals surface area (Å²) in [5, 5.41) is 12.7. The van der Waals surface area contributed by atoms with Gasteiger partial charge in [-0.3, -0.25) is 9.48 Å². The molecule has 1 atom stereocenters. The Bertz CT molecular complexity index is 1540. The minimum Gasteiger partial charge on any atom is -0.482 e. The smallest absolute Gasteiger partial charge is 0.223 e. The van der Waals surface area contributed by atoms with Crippen LogP contribution in [0.25, 0.3) is 17.1 Å². The number of hydrogen-bond acceptors (Lipinski definition) is 9. The number of aromatic nitrogens is 8. The van der Waals surface area contributed by atoms with Crippen LogP contribution >= 0.6 is 0 Å². The van der Waals surface area contributed by atoms with Crippen molar-refractivity contribution in [3.8, 4) is 22.8 Å². The zero-order valence-corrected chi connectivity index (χ0v) is 20.1. The maximum Gasteiger partial charge on any atom is 0.223 e. The van der Waals surface area contributed by atoms with Crippen molar-refractivity contribution in [2.45, 2.75) is 39.8 Å². The Labute approximate surface area is 206 Å². The van der Waals surface area contributed by atoms with Gasteiger partial charge in [0.2, 0.25) is 17.1 Å². The van der Waals surface area contributed by atoms with E-state index in [1.54, 1.807) is 36.4 Å². The summed E-state index contributed by atoms with van der Waals surface area (Å²) in [6.07, 6.45) is 8.46. The normalized spacial score (nSPS) is 12.0. The van der Waals surface area contributed by atoms with E-state index in [4.69, 9.17) is 9.26 Å². The van der Waals surface area contributed by atoms with Crippen molar-refractivity contribution in [3.63, 3.8) is 0 Å². The Balaban J connectivity index is 1.35. The maximum absolute atomic E-state index is 12.7. The lowest BCUT2D eigenvalue weighted by Crippen LogP contribution is -2.18. The van der Waals surface area contributed by atoms with Crippen molar-refractivity contribution >= 4 is 0 Å². The SMILES string of the molecule is CCn1cc(-n2ccc(=O)c(C(C)c3cccc(-c4ncc(OCc5noc(C)n5)cn4)c3)n2)cn1. The fourth-order valence-corrected chi connectivity index (χ4v) is 3.70. The van der Waals surface area contributed by atoms with Gasteiger partial charge in [-0.05, 0) is 18.6 Å². The number of aryl methyl sites for hydroxylation is 2. The summed E-state index contributed by atoms with van der Waals surface area (Å²) in [5.74, 6) is 1.72. The van der Waals surface area contributed by atoms with E-state index in [-0.39, 0.29) is 18.0 Å². The lowest BCUT2D eigenvalue weighted by Gasteiger charge is -2.13. The molecule has 0 saturated heterocycles. The van der Waals surface area contributed by atoms with Crippen LogP contribution in [0.4, 0.5) is 0 Å². The van der Waals surface area contributed by atoms with Gasteiger partial charge in [0.1, 0.15) is 11.4 Å². The Morgan fingerprint density at radius 2 is 1.97 bits per heavy atom. The predicted molar refractivity (Wildman–Crippen MR) is 130 cm³/mol. The number of ether oxygens (including phenoxy) is 1. The third-order valence-corrected chi connectivity index (χ3v) is 5.66. The third kappa shape index (κ3) is 4.90. The fraction of sp³-hybridized carbons (Fsp3) is 0.240. The first-order chi connectivity index (χ1) is 17.5. The molecule has 1 unspecified atom stereocenters. The molecule has 1 aromatic carbocycles. The van der Waals surface area contributed by atoms with Gasteiger partial charge in [-0.1, -0.05) is 30.3 Å². The van der Waals surface area contributed by atoms with Crippen LogP contribution in [0.1, 0.15) is 42.7 Å². The predicted octanol–water partition coefficient (Wildman–Crippen LogP) is 3.33. The van der Waals surface area contributed by atoms with Crippen molar-refractivity contribution in [2.75, 3.05) is 0 Å². The van der Waals surface area contributed by atoms with Crippen molar-refractivity contribution in [1.82, 2.24) is 39.7 Å². The molecule has 4 heterocycles. The monoisotopic (exact) mass is 484 g/mol. The van der Waals surface area contributed by atoms with Crippen LogP contribution in [-0.2, 0) is 13.2 Å². The van der Waals surface area contributed by atoms with Crippen LogP contribution < -0.4 is 10.2 Å². The van der Waals surface area contributed by atoms with Crippen molar-refractivity contribution in [3.05, 3.63) is 94.5 Å². The number of nitrogens with zero attached hydrogens (tertiary/aromatic N) is 8. The molecule has 0 aliphatic carbocycles. The van der Waals surface area contributed by atoms with Gasteiger partial charge in [0.15, 0.2) is 18.2 Å². The van der Waals surface area contributed by atoms with Gasteiger partial charge in [-0.15, -0.1) is 0 Å². The first-order valence-electron chi connectivity index (χ1n) is 11.5. The van der Waals surface area contributed by atoms with Crippen LogP contribution in [0.5, 0.6) is 5.75 Å². The van der Waals surface area contributed by atoms with Crippen LogP contribution in [-0.4, -0.2) is 39.7 Å². The molecule has 11 nitrogen and oxygen atoms in total. The Hall–Kier alpha value is -4.67. The Morgan fingerprint density at radius 1 is 1.14 bits per heavy atom. The molecular weight excluding hydrogens is 460 g/mol. The van der Waals surface area contributed by atoms with E-state index in [9.17, 15) is 4.79 Å². The highest BCUT2D eigenvalue weighted by molar-refractivity contribution is 5.57. The summed E-state index contributed by atoms with van der Waals surface area (Å²) < 4.78 is 14.0. The fourth-order valence-electron chi connectivity index (χ4n) is 3.70. The van der Waals surface area contributed by atoms with Crippen molar-refractivity contribution < 1.29 is 9.26 Å². The van der Waals surface area contributed by atoms with E-state index in [1.807, 2.05) is 49.0 Å². The first kappa shape index (κ1) is 23.1. The number of hydrogen-bond donors (Lipinski definition) is 0. The van der Waals surface area contributed by atoms with Crippen LogP contribution in [0.3, 0.4) is 0 Å². The molecule has 5 aromatic rings. The summed E-state index contributed by atoms with van der Waals surface area (Å²) in [5.41, 5.74) is 2.86. The largest absolute Gasteiger partial charge is 0.482 e. The highest BCUT2D eigenvalue weighted by Crippen LogP contribution is 2.25. The standard InChI is InChI=1S/C25H24N8O3/c1-4-32-14-20(11-28-32)33-9-8-22(34)24(30-33)16(2)18-6-5-7-19(10-18)25-26-12-21(13-27-25)35-15-23-29-17(3)36-31-23/h5-14,16H,4,15H2,1-3H3. The quantitative estimate of drug-likeness (QED) is 0.326. The highest BCUT2D eigenvalue weighted by Gasteiger charge is 2.16. The molecule has 0 spiro atoms. The number of rotatable bonds is 8. The molecule has 0 aliphatic heterocycles. The van der Waals surface area contributed by atoms with E-state index in [2.05, 4.69) is 30.3 Å². The third-order valence-electron chi connectivity index (χ3n) is 5.66. The van der Waals surface area contributed by atoms with Crippen molar-refractivity contribution in [2.24, 2.45) is 0 Å². The van der Waals surface area contributed by atoms with Gasteiger partial charge < -0.3 is 9.26 Å². The molecule has 0 bridgehead atoms. The van der Waals surface area contributed by atoms with Crippen LogP contribution in [0, 0.1) is 6.92 Å². The zero-order chi connectivity index (χ0) is 25.1. The summed E-state index contributed by atoms with van der Waals surface area (Å²) in [4.78, 5) is 25.6. The molecule has 36 heavy (non-hydrogen) atoms. The minimum absolute atomic E-state index is 0.124. The second-order valence-corrected chi connectivity index (χ2v) is 8.17. The van der Waals surface area contributed by atoms with E-state index in [1.165, 1.54) is 6.07 Å². The molecule has 0 radical (unpaired) electrons. The zero-order valence-electron chi connectivity index (χ0n) is 20.1. The average molecular weight is 485 g/mol. The first-order valence-corrected chi connectivity index (χ1v) is 11.5. The van der Waals surface area contributed by atoms with Crippen LogP contribution in [0.15, 0.2) is 70.6 Å². The van der Waals surface area contributed by atoms with E-state index >= 15 is 0 Å². The number of benzene rings is 1. The summed E-state index contributed by atoms with van der Waals surface area (Å²) in [6, 6.07) is 9.30. The van der Waals surface area contributed by atoms with Gasteiger partial charge in [0.05, 0.1) is 24.8 Å². The van der Waals surface area contributed by atoms with E-state index in [0.29, 0.717) is 29.0 Å². The Kier molecular flexibility index (Phi) is 6.35. The van der Waals surface area contributed by atoms with Gasteiger partial charge in [-0.2, -0.15) is 15.2 Å². The molecule has 4 aromatic heterocycles. The lowest BCUT2D eigenvalue weighted by atomic mass is 9.95. The molecule has 5 rings (SSSR count). The lowest BCUT2D eigenvalue weighted by molar-refractivity contribution is 0.283. The van der Waals surface area contributed by atoms with Gasteiger partial charge in [0, 0.05) is 37.2 Å². The highest BCUT2D eigenvalue weighted by atomic mass is 16.5. The summed E-state index contributed by atoms with van der Waals surface area (Å²) in [6.45, 7) is 6.60. The summed E-state index contributed by atoms with van der Waals surface area (Å²) >= 11 is 0. The second kappa shape index (κ2) is 9.90. The summed E-state index contributed by atoms with van der Waals surface area (Å²) in [7, 11) is 0.